The average Bonchev–Trinajstić information content (AvgIpc) is 2.94. The second kappa shape index (κ2) is 7.04. The molecule has 2 aromatic carbocycles. The summed E-state index contributed by atoms with van der Waals surface area (Å²) < 4.78 is 3.68. The first-order valence-electron chi connectivity index (χ1n) is 9.32. The molecule has 1 aromatic heterocycles. The number of nitrogens with two attached hydrogens (primary N) is 1. The standard InChI is InChI=1S/C21H24N4O2/c1-23-18-9-5-8-17(20(22)26)19(18)21(27)25(23)16-10-12-24(13-11-16)14-15-6-3-2-4-7-15/h2-9,16H,10-14H2,1H3,(H2,22,26). The summed E-state index contributed by atoms with van der Waals surface area (Å²) in [4.78, 5) is 27.2. The van der Waals surface area contributed by atoms with Gasteiger partial charge in [-0.05, 0) is 30.5 Å². The van der Waals surface area contributed by atoms with Crippen LogP contribution in [0.25, 0.3) is 10.9 Å². The Kier molecular flexibility index (Phi) is 4.58. The first-order chi connectivity index (χ1) is 13.1. The molecule has 1 saturated heterocycles. The molecule has 4 rings (SSSR count). The van der Waals surface area contributed by atoms with Crippen LogP contribution in [0.15, 0.2) is 53.3 Å². The highest BCUT2D eigenvalue weighted by atomic mass is 16.1. The predicted molar refractivity (Wildman–Crippen MR) is 106 cm³/mol. The Morgan fingerprint density at radius 2 is 1.78 bits per heavy atom. The largest absolute Gasteiger partial charge is 0.366 e. The van der Waals surface area contributed by atoms with Gasteiger partial charge < -0.3 is 5.73 Å². The summed E-state index contributed by atoms with van der Waals surface area (Å²) in [5.41, 5.74) is 7.71. The highest BCUT2D eigenvalue weighted by Crippen LogP contribution is 2.25. The van der Waals surface area contributed by atoms with Crippen molar-refractivity contribution in [3.63, 3.8) is 0 Å². The molecule has 0 bridgehead atoms. The Balaban J connectivity index is 1.58. The molecular formula is C21H24N4O2. The molecule has 1 aliphatic heterocycles. The number of likely N-dealkylation sites (tertiary alicyclic amines) is 1. The normalized spacial score (nSPS) is 16.0. The number of fused-ring (bicyclic) bond motifs is 1. The third kappa shape index (κ3) is 3.17. The molecule has 6 nitrogen and oxygen atoms in total. The highest BCUT2D eigenvalue weighted by molar-refractivity contribution is 6.05. The van der Waals surface area contributed by atoms with Crippen molar-refractivity contribution in [2.24, 2.45) is 12.8 Å². The molecule has 2 N–H and O–H groups in total. The van der Waals surface area contributed by atoms with Gasteiger partial charge in [0.05, 0.1) is 22.5 Å². The van der Waals surface area contributed by atoms with Crippen molar-refractivity contribution in [1.29, 1.82) is 0 Å². The summed E-state index contributed by atoms with van der Waals surface area (Å²) in [6.07, 6.45) is 1.81. The number of amides is 1. The van der Waals surface area contributed by atoms with Gasteiger partial charge >= 0.3 is 0 Å². The van der Waals surface area contributed by atoms with Crippen molar-refractivity contribution in [2.45, 2.75) is 25.4 Å². The summed E-state index contributed by atoms with van der Waals surface area (Å²) >= 11 is 0. The molecule has 0 spiro atoms. The number of carbonyl (C=O) groups excluding carboxylic acids is 1. The van der Waals surface area contributed by atoms with E-state index in [4.69, 9.17) is 5.73 Å². The summed E-state index contributed by atoms with van der Waals surface area (Å²) in [5, 5.41) is 0.430. The van der Waals surface area contributed by atoms with Crippen LogP contribution in [0.1, 0.15) is 34.8 Å². The zero-order valence-corrected chi connectivity index (χ0v) is 15.5. The van der Waals surface area contributed by atoms with Gasteiger partial charge in [0.2, 0.25) is 5.91 Å². The molecule has 140 valence electrons. The molecule has 2 heterocycles. The number of rotatable bonds is 4. The van der Waals surface area contributed by atoms with Crippen LogP contribution in [0.4, 0.5) is 0 Å². The van der Waals surface area contributed by atoms with Crippen LogP contribution in [0.3, 0.4) is 0 Å². The van der Waals surface area contributed by atoms with Gasteiger partial charge in [0, 0.05) is 26.7 Å². The minimum atomic E-state index is -0.562. The van der Waals surface area contributed by atoms with Crippen LogP contribution >= 0.6 is 0 Å². The Labute approximate surface area is 157 Å². The molecule has 0 radical (unpaired) electrons. The van der Waals surface area contributed by atoms with Crippen molar-refractivity contribution >= 4 is 16.8 Å². The molecule has 1 fully saturated rings. The lowest BCUT2D eigenvalue weighted by Gasteiger charge is -2.33. The van der Waals surface area contributed by atoms with Crippen LogP contribution in [0.5, 0.6) is 0 Å². The highest BCUT2D eigenvalue weighted by Gasteiger charge is 2.26. The fourth-order valence-corrected chi connectivity index (χ4v) is 4.18. The van der Waals surface area contributed by atoms with Gasteiger partial charge in [-0.3, -0.25) is 19.2 Å². The zero-order chi connectivity index (χ0) is 19.0. The summed E-state index contributed by atoms with van der Waals surface area (Å²) in [6.45, 7) is 2.82. The lowest BCUT2D eigenvalue weighted by atomic mass is 10.0. The molecule has 0 aliphatic carbocycles. The van der Waals surface area contributed by atoms with Gasteiger partial charge in [0.15, 0.2) is 0 Å². The number of carbonyl (C=O) groups is 1. The maximum Gasteiger partial charge on any atom is 0.275 e. The first kappa shape index (κ1) is 17.5. The van der Waals surface area contributed by atoms with Crippen LogP contribution < -0.4 is 11.3 Å². The van der Waals surface area contributed by atoms with Crippen molar-refractivity contribution in [1.82, 2.24) is 14.3 Å². The average molecular weight is 364 g/mol. The van der Waals surface area contributed by atoms with E-state index in [9.17, 15) is 9.59 Å². The van der Waals surface area contributed by atoms with E-state index in [1.54, 1.807) is 16.8 Å². The topological polar surface area (TPSA) is 73.3 Å². The summed E-state index contributed by atoms with van der Waals surface area (Å²) in [7, 11) is 1.88. The predicted octanol–water partition coefficient (Wildman–Crippen LogP) is 2.28. The number of hydrogen-bond acceptors (Lipinski definition) is 3. The van der Waals surface area contributed by atoms with E-state index in [0.29, 0.717) is 10.9 Å². The molecule has 1 amide bonds. The van der Waals surface area contributed by atoms with Gasteiger partial charge in [-0.1, -0.05) is 36.4 Å². The van der Waals surface area contributed by atoms with Crippen molar-refractivity contribution < 1.29 is 4.79 Å². The fourth-order valence-electron chi connectivity index (χ4n) is 4.18. The van der Waals surface area contributed by atoms with Gasteiger partial charge in [0.25, 0.3) is 5.56 Å². The van der Waals surface area contributed by atoms with Crippen molar-refractivity contribution in [3.05, 3.63) is 70.0 Å². The van der Waals surface area contributed by atoms with E-state index in [1.807, 2.05) is 23.9 Å². The Morgan fingerprint density at radius 3 is 2.44 bits per heavy atom. The van der Waals surface area contributed by atoms with Gasteiger partial charge in [-0.15, -0.1) is 0 Å². The van der Waals surface area contributed by atoms with E-state index < -0.39 is 5.91 Å². The van der Waals surface area contributed by atoms with Gasteiger partial charge in [-0.2, -0.15) is 0 Å². The fraction of sp³-hybridized carbons (Fsp3) is 0.333. The second-order valence-corrected chi connectivity index (χ2v) is 7.23. The van der Waals surface area contributed by atoms with Crippen LogP contribution in [-0.4, -0.2) is 33.3 Å². The van der Waals surface area contributed by atoms with E-state index in [0.717, 1.165) is 38.0 Å². The molecule has 3 aromatic rings. The van der Waals surface area contributed by atoms with Crippen molar-refractivity contribution in [2.75, 3.05) is 13.1 Å². The monoisotopic (exact) mass is 364 g/mol. The molecule has 27 heavy (non-hydrogen) atoms. The Bertz CT molecular complexity index is 1030. The molecule has 1 aliphatic rings. The first-order valence-corrected chi connectivity index (χ1v) is 9.32. The van der Waals surface area contributed by atoms with E-state index in [-0.39, 0.29) is 11.6 Å². The van der Waals surface area contributed by atoms with Crippen LogP contribution in [0.2, 0.25) is 0 Å². The smallest absolute Gasteiger partial charge is 0.275 e. The number of aryl methyl sites for hydroxylation is 1. The molecule has 0 atom stereocenters. The van der Waals surface area contributed by atoms with E-state index in [1.165, 1.54) is 5.56 Å². The Hall–Kier alpha value is -2.86. The number of nitrogens with zero attached hydrogens (tertiary/aromatic N) is 3. The lowest BCUT2D eigenvalue weighted by Crippen LogP contribution is -2.38. The van der Waals surface area contributed by atoms with Gasteiger partial charge in [-0.25, -0.2) is 4.68 Å². The van der Waals surface area contributed by atoms with E-state index in [2.05, 4.69) is 29.2 Å². The summed E-state index contributed by atoms with van der Waals surface area (Å²) in [5.74, 6) is -0.562. The van der Waals surface area contributed by atoms with Crippen LogP contribution in [0, 0.1) is 0 Å². The minimum Gasteiger partial charge on any atom is -0.366 e. The molecule has 0 saturated carbocycles. The number of hydrogen-bond donors (Lipinski definition) is 1. The zero-order valence-electron chi connectivity index (χ0n) is 15.5. The number of benzene rings is 2. The third-order valence-electron chi connectivity index (χ3n) is 5.55. The quantitative estimate of drug-likeness (QED) is 0.772. The number of aromatic nitrogens is 2. The maximum atomic E-state index is 13.1. The molecular weight excluding hydrogens is 340 g/mol. The number of primary amides is 1. The third-order valence-corrected chi connectivity index (χ3v) is 5.55. The molecule has 6 heteroatoms. The molecule has 0 unspecified atom stereocenters. The van der Waals surface area contributed by atoms with E-state index >= 15 is 0 Å². The minimum absolute atomic E-state index is 0.122. The lowest BCUT2D eigenvalue weighted by molar-refractivity contribution is 0.100. The SMILES string of the molecule is Cn1c2cccc(C(N)=O)c2c(=O)n1C1CCN(Cc2ccccc2)CC1. The Morgan fingerprint density at radius 1 is 1.07 bits per heavy atom. The van der Waals surface area contributed by atoms with Gasteiger partial charge in [0.1, 0.15) is 0 Å². The summed E-state index contributed by atoms with van der Waals surface area (Å²) in [6, 6.07) is 15.8. The van der Waals surface area contributed by atoms with Crippen LogP contribution in [-0.2, 0) is 13.6 Å². The maximum absolute atomic E-state index is 13.1. The number of piperidine rings is 1. The van der Waals surface area contributed by atoms with Crippen molar-refractivity contribution in [3.8, 4) is 0 Å². The second-order valence-electron chi connectivity index (χ2n) is 7.23.